The highest BCUT2D eigenvalue weighted by Crippen LogP contribution is 2.36. The number of carbonyl (C=O) groups is 3. The first kappa shape index (κ1) is 19.0. The maximum atomic E-state index is 12.8. The fourth-order valence-electron chi connectivity index (χ4n) is 2.75. The minimum absolute atomic E-state index is 0.000170. The summed E-state index contributed by atoms with van der Waals surface area (Å²) in [6.45, 7) is 7.46. The van der Waals surface area contributed by atoms with Gasteiger partial charge < -0.3 is 9.47 Å². The smallest absolute Gasteiger partial charge is 0.326 e. The monoisotopic (exact) mass is 347 g/mol. The molecule has 1 amide bonds. The van der Waals surface area contributed by atoms with Crippen LogP contribution in [0.4, 0.5) is 5.69 Å². The minimum Gasteiger partial charge on any atom is -0.478 e. The fourth-order valence-corrected chi connectivity index (χ4v) is 2.75. The van der Waals surface area contributed by atoms with Crippen molar-refractivity contribution in [1.29, 1.82) is 0 Å². The number of esters is 1. The second-order valence-corrected chi connectivity index (χ2v) is 6.37. The predicted octanol–water partition coefficient (Wildman–Crippen LogP) is 2.98. The Morgan fingerprint density at radius 2 is 2.00 bits per heavy atom. The molecule has 1 heterocycles. The Hall–Kier alpha value is -2.37. The fraction of sp³-hybridized carbons (Fsp3) is 0.526. The molecule has 0 saturated heterocycles. The standard InChI is InChI=1S/C19H25NO5/c1-5-7-15(21)13-8-9-16-14(10-13)20(11-17(22)24-6-2)19(23)18(25-16)12(3)4/h8-10,12,18H,5-7,11H2,1-4H3. The quantitative estimate of drug-likeness (QED) is 0.560. The van der Waals surface area contributed by atoms with Crippen LogP contribution in [0.1, 0.15) is 50.9 Å². The molecule has 1 aromatic carbocycles. The maximum Gasteiger partial charge on any atom is 0.326 e. The highest BCUT2D eigenvalue weighted by Gasteiger charge is 2.37. The summed E-state index contributed by atoms with van der Waals surface area (Å²) in [6.07, 6.45) is 0.507. The van der Waals surface area contributed by atoms with Crippen LogP contribution in [0.15, 0.2) is 18.2 Å². The van der Waals surface area contributed by atoms with Gasteiger partial charge in [0.1, 0.15) is 12.3 Å². The number of anilines is 1. The van der Waals surface area contributed by atoms with Gasteiger partial charge in [0.05, 0.1) is 12.3 Å². The third-order valence-electron chi connectivity index (χ3n) is 4.01. The Morgan fingerprint density at radius 3 is 2.60 bits per heavy atom. The number of hydrogen-bond donors (Lipinski definition) is 0. The van der Waals surface area contributed by atoms with Crippen LogP contribution in [0.25, 0.3) is 0 Å². The van der Waals surface area contributed by atoms with E-state index in [1.165, 1.54) is 4.90 Å². The van der Waals surface area contributed by atoms with Gasteiger partial charge in [-0.2, -0.15) is 0 Å². The van der Waals surface area contributed by atoms with Crippen LogP contribution >= 0.6 is 0 Å². The molecular formula is C19H25NO5. The van der Waals surface area contributed by atoms with E-state index in [0.29, 0.717) is 23.4 Å². The van der Waals surface area contributed by atoms with Gasteiger partial charge in [-0.05, 0) is 37.5 Å². The molecule has 0 spiro atoms. The number of Topliss-reactive ketones (excluding diaryl/α,β-unsaturated/α-hetero) is 1. The van der Waals surface area contributed by atoms with Gasteiger partial charge >= 0.3 is 5.97 Å². The summed E-state index contributed by atoms with van der Waals surface area (Å²) in [4.78, 5) is 38.3. The van der Waals surface area contributed by atoms with Crippen molar-refractivity contribution in [1.82, 2.24) is 0 Å². The van der Waals surface area contributed by atoms with Crippen LogP contribution in [-0.4, -0.2) is 36.9 Å². The summed E-state index contributed by atoms with van der Waals surface area (Å²) in [6, 6.07) is 5.02. The van der Waals surface area contributed by atoms with E-state index in [2.05, 4.69) is 0 Å². The van der Waals surface area contributed by atoms with Crippen LogP contribution in [0.5, 0.6) is 5.75 Å². The van der Waals surface area contributed by atoms with E-state index < -0.39 is 12.1 Å². The maximum absolute atomic E-state index is 12.8. The molecule has 25 heavy (non-hydrogen) atoms. The molecule has 0 saturated carbocycles. The van der Waals surface area contributed by atoms with E-state index in [0.717, 1.165) is 6.42 Å². The van der Waals surface area contributed by atoms with Crippen LogP contribution in [0.2, 0.25) is 0 Å². The molecule has 1 aliphatic rings. The molecule has 0 bridgehead atoms. The Morgan fingerprint density at radius 1 is 1.28 bits per heavy atom. The minimum atomic E-state index is -0.667. The number of fused-ring (bicyclic) bond motifs is 1. The molecular weight excluding hydrogens is 322 g/mol. The lowest BCUT2D eigenvalue weighted by Gasteiger charge is -2.35. The summed E-state index contributed by atoms with van der Waals surface area (Å²) in [5, 5.41) is 0. The van der Waals surface area contributed by atoms with Crippen molar-refractivity contribution >= 4 is 23.3 Å². The lowest BCUT2D eigenvalue weighted by molar-refractivity contribution is -0.143. The van der Waals surface area contributed by atoms with Crippen LogP contribution in [0.3, 0.4) is 0 Å². The zero-order chi connectivity index (χ0) is 18.6. The van der Waals surface area contributed by atoms with Gasteiger partial charge in [-0.1, -0.05) is 20.8 Å². The summed E-state index contributed by atoms with van der Waals surface area (Å²) in [5.41, 5.74) is 0.950. The molecule has 6 nitrogen and oxygen atoms in total. The number of amides is 1. The SMILES string of the molecule is CCCC(=O)c1ccc2c(c1)N(CC(=O)OCC)C(=O)C(C(C)C)O2. The average molecular weight is 347 g/mol. The van der Waals surface area contributed by atoms with Crippen LogP contribution < -0.4 is 9.64 Å². The van der Waals surface area contributed by atoms with Gasteiger partial charge in [-0.25, -0.2) is 0 Å². The van der Waals surface area contributed by atoms with Gasteiger partial charge in [0.2, 0.25) is 0 Å². The first-order chi connectivity index (χ1) is 11.9. The highest BCUT2D eigenvalue weighted by atomic mass is 16.5. The van der Waals surface area contributed by atoms with Gasteiger partial charge in [-0.3, -0.25) is 19.3 Å². The summed E-state index contributed by atoms with van der Waals surface area (Å²) in [5.74, 6) is -0.339. The van der Waals surface area contributed by atoms with E-state index in [9.17, 15) is 14.4 Å². The first-order valence-electron chi connectivity index (χ1n) is 8.69. The first-order valence-corrected chi connectivity index (χ1v) is 8.69. The van der Waals surface area contributed by atoms with Gasteiger partial charge in [0.25, 0.3) is 5.91 Å². The molecule has 1 aromatic rings. The van der Waals surface area contributed by atoms with E-state index in [1.807, 2.05) is 20.8 Å². The lowest BCUT2D eigenvalue weighted by Crippen LogP contribution is -2.50. The van der Waals surface area contributed by atoms with Gasteiger partial charge in [0.15, 0.2) is 11.9 Å². The number of hydrogen-bond acceptors (Lipinski definition) is 5. The highest BCUT2D eigenvalue weighted by molar-refractivity contribution is 6.05. The van der Waals surface area contributed by atoms with E-state index >= 15 is 0 Å². The summed E-state index contributed by atoms with van der Waals surface area (Å²) >= 11 is 0. The van der Waals surface area contributed by atoms with Crippen molar-refractivity contribution in [2.45, 2.75) is 46.6 Å². The molecule has 0 N–H and O–H groups in total. The normalized spacial score (nSPS) is 16.4. The molecule has 6 heteroatoms. The van der Waals surface area contributed by atoms with Gasteiger partial charge in [-0.15, -0.1) is 0 Å². The molecule has 0 radical (unpaired) electrons. The molecule has 1 unspecified atom stereocenters. The molecule has 0 fully saturated rings. The predicted molar refractivity (Wildman–Crippen MR) is 93.9 cm³/mol. The zero-order valence-corrected chi connectivity index (χ0v) is 15.2. The van der Waals surface area contributed by atoms with Crippen molar-refractivity contribution in [3.63, 3.8) is 0 Å². The third kappa shape index (κ3) is 4.18. The van der Waals surface area contributed by atoms with Crippen molar-refractivity contribution in [2.75, 3.05) is 18.1 Å². The molecule has 2 rings (SSSR count). The average Bonchev–Trinajstić information content (AvgIpc) is 2.57. The largest absolute Gasteiger partial charge is 0.478 e. The van der Waals surface area contributed by atoms with Crippen molar-refractivity contribution in [3.8, 4) is 5.75 Å². The topological polar surface area (TPSA) is 72.9 Å². The lowest BCUT2D eigenvalue weighted by atomic mass is 10.0. The Labute approximate surface area is 148 Å². The van der Waals surface area contributed by atoms with E-state index in [4.69, 9.17) is 9.47 Å². The number of rotatable bonds is 7. The molecule has 0 aromatic heterocycles. The number of carbonyl (C=O) groups excluding carboxylic acids is 3. The molecule has 0 aliphatic carbocycles. The molecule has 1 aliphatic heterocycles. The zero-order valence-electron chi connectivity index (χ0n) is 15.2. The Bertz CT molecular complexity index is 668. The van der Waals surface area contributed by atoms with Gasteiger partial charge in [0, 0.05) is 12.0 Å². The number of nitrogens with zero attached hydrogens (tertiary/aromatic N) is 1. The molecule has 1 atom stereocenters. The second kappa shape index (κ2) is 8.14. The van der Waals surface area contributed by atoms with Crippen LogP contribution in [-0.2, 0) is 14.3 Å². The van der Waals surface area contributed by atoms with E-state index in [-0.39, 0.29) is 30.8 Å². The number of ether oxygens (including phenoxy) is 2. The number of ketones is 1. The summed E-state index contributed by atoms with van der Waals surface area (Å²) in [7, 11) is 0. The van der Waals surface area contributed by atoms with E-state index in [1.54, 1.807) is 25.1 Å². The third-order valence-corrected chi connectivity index (χ3v) is 4.01. The van der Waals surface area contributed by atoms with Crippen molar-refractivity contribution in [3.05, 3.63) is 23.8 Å². The Kier molecular flexibility index (Phi) is 6.17. The Balaban J connectivity index is 2.41. The van der Waals surface area contributed by atoms with Crippen molar-refractivity contribution in [2.24, 2.45) is 5.92 Å². The van der Waals surface area contributed by atoms with Crippen LogP contribution in [0, 0.1) is 5.92 Å². The van der Waals surface area contributed by atoms with Crippen molar-refractivity contribution < 1.29 is 23.9 Å². The second-order valence-electron chi connectivity index (χ2n) is 6.37. The molecule has 136 valence electrons. The summed E-state index contributed by atoms with van der Waals surface area (Å²) < 4.78 is 10.8. The number of benzene rings is 1.